The van der Waals surface area contributed by atoms with Gasteiger partial charge in [0.15, 0.2) is 11.9 Å². The molecule has 1 aliphatic carbocycles. The summed E-state index contributed by atoms with van der Waals surface area (Å²) in [6, 6.07) is 0. The molecule has 4 aliphatic heterocycles. The maximum absolute atomic E-state index is 6.12. The minimum Gasteiger partial charge on any atom is -0.345 e. The third-order valence-electron chi connectivity index (χ3n) is 5.63. The summed E-state index contributed by atoms with van der Waals surface area (Å²) < 4.78 is 12.0. The van der Waals surface area contributed by atoms with Crippen molar-refractivity contribution in [1.29, 1.82) is 0 Å². The fourth-order valence-electron chi connectivity index (χ4n) is 4.56. The largest absolute Gasteiger partial charge is 0.345 e. The van der Waals surface area contributed by atoms with E-state index < -0.39 is 11.4 Å². The first kappa shape index (κ1) is 12.3. The predicted octanol–water partition coefficient (Wildman–Crippen LogP) is 2.79. The summed E-state index contributed by atoms with van der Waals surface area (Å²) in [5.74, 6) is 0.685. The van der Waals surface area contributed by atoms with E-state index in [1.807, 2.05) is 6.92 Å². The SMILES string of the molecule is C=C1CO[C@@H]2O[C@@]3(C)CC[C@H]4[C@H](C)CC[C@@H]1[C@@]24OO3. The van der Waals surface area contributed by atoms with Crippen LogP contribution in [0.4, 0.5) is 0 Å². The van der Waals surface area contributed by atoms with Crippen LogP contribution in [0.1, 0.15) is 39.5 Å². The zero-order chi connectivity index (χ0) is 13.3. The molecule has 1 spiro atoms. The van der Waals surface area contributed by atoms with Crippen LogP contribution < -0.4 is 0 Å². The van der Waals surface area contributed by atoms with Crippen LogP contribution >= 0.6 is 0 Å². The van der Waals surface area contributed by atoms with Gasteiger partial charge in [0.2, 0.25) is 5.79 Å². The minimum absolute atomic E-state index is 0.301. The lowest BCUT2D eigenvalue weighted by Crippen LogP contribution is -2.67. The topological polar surface area (TPSA) is 36.9 Å². The minimum atomic E-state index is -0.657. The third-order valence-corrected chi connectivity index (χ3v) is 5.63. The molecule has 4 saturated heterocycles. The quantitative estimate of drug-likeness (QED) is 0.499. The molecule has 0 aromatic rings. The molecule has 0 aromatic carbocycles. The molecule has 19 heavy (non-hydrogen) atoms. The first-order valence-corrected chi connectivity index (χ1v) is 7.39. The molecule has 0 amide bonds. The third kappa shape index (κ3) is 1.49. The van der Waals surface area contributed by atoms with E-state index in [-0.39, 0.29) is 6.29 Å². The van der Waals surface area contributed by atoms with E-state index in [1.165, 1.54) is 6.42 Å². The molecule has 4 nitrogen and oxygen atoms in total. The van der Waals surface area contributed by atoms with Crippen molar-refractivity contribution < 1.29 is 19.2 Å². The van der Waals surface area contributed by atoms with E-state index in [4.69, 9.17) is 19.2 Å². The summed E-state index contributed by atoms with van der Waals surface area (Å²) in [6.45, 7) is 9.04. The molecule has 5 aliphatic rings. The standard InChI is InChI=1S/C15H22O4/c1-9-4-5-11-10(2)8-16-13-15(11)12(9)6-7-14(3,17-13)18-19-15/h9,11-13H,2,4-8H2,1,3H3/t9-,11+,12+,13-,14-,15+/m1/s1. The van der Waals surface area contributed by atoms with Crippen molar-refractivity contribution in [2.45, 2.75) is 57.2 Å². The summed E-state index contributed by atoms with van der Waals surface area (Å²) in [5, 5.41) is 0. The molecule has 5 fully saturated rings. The van der Waals surface area contributed by atoms with Gasteiger partial charge >= 0.3 is 0 Å². The van der Waals surface area contributed by atoms with E-state index in [1.54, 1.807) is 0 Å². The second kappa shape index (κ2) is 3.82. The number of rotatable bonds is 0. The Hall–Kier alpha value is -0.420. The van der Waals surface area contributed by atoms with Gasteiger partial charge in [0, 0.05) is 12.3 Å². The van der Waals surface area contributed by atoms with Crippen LogP contribution in [-0.2, 0) is 19.2 Å². The van der Waals surface area contributed by atoms with E-state index in [2.05, 4.69) is 13.5 Å². The van der Waals surface area contributed by atoms with Crippen molar-refractivity contribution in [1.82, 2.24) is 0 Å². The van der Waals surface area contributed by atoms with Crippen LogP contribution in [0, 0.1) is 17.8 Å². The van der Waals surface area contributed by atoms with Crippen molar-refractivity contribution in [3.8, 4) is 0 Å². The number of hydrogen-bond acceptors (Lipinski definition) is 4. The van der Waals surface area contributed by atoms with Crippen LogP contribution in [0.3, 0.4) is 0 Å². The average Bonchev–Trinajstić information content (AvgIpc) is 2.61. The van der Waals surface area contributed by atoms with Crippen LogP contribution in [0.5, 0.6) is 0 Å². The second-order valence-electron chi connectivity index (χ2n) is 6.83. The van der Waals surface area contributed by atoms with Crippen molar-refractivity contribution >= 4 is 0 Å². The van der Waals surface area contributed by atoms with E-state index >= 15 is 0 Å². The monoisotopic (exact) mass is 266 g/mol. The van der Waals surface area contributed by atoms with Crippen LogP contribution in [0.2, 0.25) is 0 Å². The van der Waals surface area contributed by atoms with Crippen LogP contribution in [0.25, 0.3) is 0 Å². The normalized spacial score (nSPS) is 56.6. The molecular weight excluding hydrogens is 244 g/mol. The Morgan fingerprint density at radius 3 is 2.89 bits per heavy atom. The Labute approximate surface area is 114 Å². The molecule has 1 saturated carbocycles. The van der Waals surface area contributed by atoms with Gasteiger partial charge in [0.05, 0.1) is 6.61 Å². The Kier molecular flexibility index (Phi) is 2.48. The lowest BCUT2D eigenvalue weighted by Gasteiger charge is -2.57. The van der Waals surface area contributed by atoms with Gasteiger partial charge in [-0.1, -0.05) is 13.5 Å². The molecule has 0 unspecified atom stereocenters. The summed E-state index contributed by atoms with van der Waals surface area (Å²) >= 11 is 0. The van der Waals surface area contributed by atoms with Gasteiger partial charge in [-0.05, 0) is 43.6 Å². The Morgan fingerprint density at radius 2 is 2.05 bits per heavy atom. The molecule has 4 heterocycles. The van der Waals surface area contributed by atoms with Gasteiger partial charge in [-0.3, -0.25) is 0 Å². The summed E-state index contributed by atoms with van der Waals surface area (Å²) in [4.78, 5) is 11.6. The first-order valence-electron chi connectivity index (χ1n) is 7.39. The summed E-state index contributed by atoms with van der Waals surface area (Å²) in [5.41, 5.74) is 0.661. The second-order valence-corrected chi connectivity index (χ2v) is 6.83. The highest BCUT2D eigenvalue weighted by Crippen LogP contribution is 2.59. The summed E-state index contributed by atoms with van der Waals surface area (Å²) in [6.07, 6.45) is 3.95. The van der Waals surface area contributed by atoms with Crippen molar-refractivity contribution in [2.24, 2.45) is 17.8 Å². The highest BCUT2D eigenvalue weighted by atomic mass is 17.3. The van der Waals surface area contributed by atoms with Crippen LogP contribution in [-0.4, -0.2) is 24.3 Å². The molecule has 0 radical (unpaired) electrons. The predicted molar refractivity (Wildman–Crippen MR) is 67.9 cm³/mol. The van der Waals surface area contributed by atoms with Gasteiger partial charge in [0.25, 0.3) is 0 Å². The highest BCUT2D eigenvalue weighted by Gasteiger charge is 2.67. The molecule has 106 valence electrons. The molecule has 0 N–H and O–H groups in total. The molecule has 5 rings (SSSR count). The zero-order valence-corrected chi connectivity index (χ0v) is 11.7. The molecule has 0 aromatic heterocycles. The zero-order valence-electron chi connectivity index (χ0n) is 11.7. The summed E-state index contributed by atoms with van der Waals surface area (Å²) in [7, 11) is 0. The fourth-order valence-corrected chi connectivity index (χ4v) is 4.56. The molecule has 6 atom stereocenters. The number of ether oxygens (including phenoxy) is 2. The van der Waals surface area contributed by atoms with E-state index in [9.17, 15) is 0 Å². The van der Waals surface area contributed by atoms with Crippen molar-refractivity contribution in [3.05, 3.63) is 12.2 Å². The molecule has 2 bridgehead atoms. The Bertz CT molecular complexity index is 422. The Balaban J connectivity index is 1.83. The number of hydrogen-bond donors (Lipinski definition) is 0. The fraction of sp³-hybridized carbons (Fsp3) is 0.867. The Morgan fingerprint density at radius 1 is 1.21 bits per heavy atom. The average molecular weight is 266 g/mol. The highest BCUT2D eigenvalue weighted by molar-refractivity contribution is 5.19. The van der Waals surface area contributed by atoms with Crippen molar-refractivity contribution in [2.75, 3.05) is 6.61 Å². The molecular formula is C15H22O4. The smallest absolute Gasteiger partial charge is 0.201 e. The lowest BCUT2D eigenvalue weighted by molar-refractivity contribution is -0.560. The van der Waals surface area contributed by atoms with Gasteiger partial charge < -0.3 is 9.47 Å². The number of fused-ring (bicyclic) bond motifs is 2. The van der Waals surface area contributed by atoms with Gasteiger partial charge in [0.1, 0.15) is 0 Å². The van der Waals surface area contributed by atoms with E-state index in [0.29, 0.717) is 24.4 Å². The molecule has 4 heteroatoms. The first-order chi connectivity index (χ1) is 9.05. The maximum Gasteiger partial charge on any atom is 0.201 e. The van der Waals surface area contributed by atoms with Crippen LogP contribution in [0.15, 0.2) is 12.2 Å². The van der Waals surface area contributed by atoms with Gasteiger partial charge in [-0.2, -0.15) is 0 Å². The van der Waals surface area contributed by atoms with E-state index in [0.717, 1.165) is 24.8 Å². The maximum atomic E-state index is 6.12. The van der Waals surface area contributed by atoms with Crippen molar-refractivity contribution in [3.63, 3.8) is 0 Å². The van der Waals surface area contributed by atoms with Gasteiger partial charge in [-0.15, -0.1) is 0 Å². The lowest BCUT2D eigenvalue weighted by atomic mass is 9.60. The van der Waals surface area contributed by atoms with Gasteiger partial charge in [-0.25, -0.2) is 9.78 Å².